The van der Waals surface area contributed by atoms with Crippen molar-refractivity contribution in [2.24, 2.45) is 0 Å². The van der Waals surface area contributed by atoms with Gasteiger partial charge < -0.3 is 4.42 Å². The fourth-order valence-electron chi connectivity index (χ4n) is 3.77. The molecule has 1 atom stereocenters. The number of hydrogen-bond acceptors (Lipinski definition) is 3. The van der Waals surface area contributed by atoms with Gasteiger partial charge in [-0.1, -0.05) is 55.6 Å². The summed E-state index contributed by atoms with van der Waals surface area (Å²) in [6, 6.07) is 19.2. The van der Waals surface area contributed by atoms with Crippen molar-refractivity contribution in [1.29, 1.82) is 0 Å². The first-order chi connectivity index (χ1) is 14.4. The molecule has 0 N–H and O–H groups in total. The van der Waals surface area contributed by atoms with E-state index in [4.69, 9.17) is 16.0 Å². The summed E-state index contributed by atoms with van der Waals surface area (Å²) in [5.41, 5.74) is 1.88. The summed E-state index contributed by atoms with van der Waals surface area (Å²) in [6.07, 6.45) is 0. The van der Waals surface area contributed by atoms with Gasteiger partial charge in [-0.15, -0.1) is 0 Å². The Balaban J connectivity index is 1.81. The standard InChI is InChI=1S/C23H12Br2ClNO3/c24-13-3-1-12(2-4-13)20-19-21(28)17-11-15(26)7-10-18(17)30-22(19)23(29)27(20)16-8-5-14(25)6-9-16/h1-11,20H. The van der Waals surface area contributed by atoms with Crippen molar-refractivity contribution in [2.45, 2.75) is 6.04 Å². The lowest BCUT2D eigenvalue weighted by Crippen LogP contribution is -2.29. The Morgan fingerprint density at radius 3 is 2.17 bits per heavy atom. The van der Waals surface area contributed by atoms with Crippen LogP contribution in [0.25, 0.3) is 11.0 Å². The van der Waals surface area contributed by atoms with Crippen LogP contribution in [0, 0.1) is 0 Å². The van der Waals surface area contributed by atoms with Gasteiger partial charge in [0.1, 0.15) is 5.58 Å². The summed E-state index contributed by atoms with van der Waals surface area (Å²) in [5, 5.41) is 0.790. The topological polar surface area (TPSA) is 50.5 Å². The van der Waals surface area contributed by atoms with E-state index in [1.165, 1.54) is 0 Å². The number of carbonyl (C=O) groups excluding carboxylic acids is 1. The molecule has 0 bridgehead atoms. The zero-order valence-corrected chi connectivity index (χ0v) is 19.2. The lowest BCUT2D eigenvalue weighted by Gasteiger charge is -2.25. The van der Waals surface area contributed by atoms with E-state index in [9.17, 15) is 9.59 Å². The normalized spacial score (nSPS) is 15.6. The Bertz CT molecular complexity index is 1360. The zero-order chi connectivity index (χ0) is 21.0. The van der Waals surface area contributed by atoms with Crippen molar-refractivity contribution in [3.8, 4) is 0 Å². The van der Waals surface area contributed by atoms with Crippen LogP contribution in [0.5, 0.6) is 0 Å². The minimum Gasteiger partial charge on any atom is -0.450 e. The number of rotatable bonds is 2. The first-order valence-electron chi connectivity index (χ1n) is 9.05. The molecule has 0 radical (unpaired) electrons. The van der Waals surface area contributed by atoms with Crippen LogP contribution >= 0.6 is 43.5 Å². The molecule has 1 unspecified atom stereocenters. The molecule has 7 heteroatoms. The van der Waals surface area contributed by atoms with Crippen molar-refractivity contribution in [2.75, 3.05) is 4.90 Å². The maximum absolute atomic E-state index is 13.5. The van der Waals surface area contributed by atoms with Crippen LogP contribution in [0.15, 0.2) is 84.9 Å². The number of amides is 1. The van der Waals surface area contributed by atoms with Crippen LogP contribution in [0.4, 0.5) is 5.69 Å². The Morgan fingerprint density at radius 2 is 1.50 bits per heavy atom. The molecule has 2 heterocycles. The predicted octanol–water partition coefficient (Wildman–Crippen LogP) is 6.72. The fourth-order valence-corrected chi connectivity index (χ4v) is 4.47. The van der Waals surface area contributed by atoms with Crippen molar-refractivity contribution in [1.82, 2.24) is 0 Å². The van der Waals surface area contributed by atoms with E-state index in [2.05, 4.69) is 31.9 Å². The van der Waals surface area contributed by atoms with Gasteiger partial charge in [0.25, 0.3) is 5.91 Å². The molecule has 148 valence electrons. The Labute approximate surface area is 193 Å². The molecular formula is C23H12Br2ClNO3. The number of benzene rings is 3. The summed E-state index contributed by atoms with van der Waals surface area (Å²) in [5.74, 6) is -0.292. The molecule has 0 aliphatic carbocycles. The smallest absolute Gasteiger partial charge is 0.295 e. The van der Waals surface area contributed by atoms with E-state index < -0.39 is 6.04 Å². The quantitative estimate of drug-likeness (QED) is 0.281. The van der Waals surface area contributed by atoms with E-state index in [0.29, 0.717) is 27.2 Å². The van der Waals surface area contributed by atoms with Gasteiger partial charge in [-0.05, 0) is 60.2 Å². The molecule has 30 heavy (non-hydrogen) atoms. The molecule has 5 rings (SSSR count). The number of halogens is 3. The maximum Gasteiger partial charge on any atom is 0.295 e. The van der Waals surface area contributed by atoms with Crippen molar-refractivity contribution >= 4 is 66.0 Å². The van der Waals surface area contributed by atoms with Crippen LogP contribution in [0.1, 0.15) is 27.7 Å². The lowest BCUT2D eigenvalue weighted by molar-refractivity contribution is 0.0971. The summed E-state index contributed by atoms with van der Waals surface area (Å²) >= 11 is 13.0. The first-order valence-corrected chi connectivity index (χ1v) is 11.0. The third-order valence-electron chi connectivity index (χ3n) is 5.12. The number of carbonyl (C=O) groups is 1. The summed E-state index contributed by atoms with van der Waals surface area (Å²) in [7, 11) is 0. The second kappa shape index (κ2) is 7.38. The molecule has 0 fully saturated rings. The van der Waals surface area contributed by atoms with Crippen molar-refractivity contribution in [3.05, 3.63) is 108 Å². The number of hydrogen-bond donors (Lipinski definition) is 0. The third-order valence-corrected chi connectivity index (χ3v) is 6.42. The summed E-state index contributed by atoms with van der Waals surface area (Å²) < 4.78 is 7.73. The largest absolute Gasteiger partial charge is 0.450 e. The van der Waals surface area contributed by atoms with Gasteiger partial charge in [0, 0.05) is 19.7 Å². The minimum atomic E-state index is -0.610. The van der Waals surface area contributed by atoms with Crippen LogP contribution in [0.3, 0.4) is 0 Å². The second-order valence-electron chi connectivity index (χ2n) is 6.92. The molecule has 4 aromatic rings. The Kier molecular flexibility index (Phi) is 4.81. The summed E-state index contributed by atoms with van der Waals surface area (Å²) in [6.45, 7) is 0. The average molecular weight is 546 g/mol. The molecular weight excluding hydrogens is 534 g/mol. The third kappa shape index (κ3) is 3.11. The fraction of sp³-hybridized carbons (Fsp3) is 0.0435. The highest BCUT2D eigenvalue weighted by atomic mass is 79.9. The molecule has 0 spiro atoms. The van der Waals surface area contributed by atoms with Crippen LogP contribution in [-0.2, 0) is 0 Å². The highest BCUT2D eigenvalue weighted by Gasteiger charge is 2.43. The zero-order valence-electron chi connectivity index (χ0n) is 15.2. The SMILES string of the molecule is O=C1c2oc3ccc(Cl)cc3c(=O)c2C(c2ccc(Br)cc2)N1c1ccc(Br)cc1. The predicted molar refractivity (Wildman–Crippen MR) is 124 cm³/mol. The molecule has 0 saturated carbocycles. The molecule has 1 amide bonds. The van der Waals surface area contributed by atoms with Gasteiger partial charge >= 0.3 is 0 Å². The van der Waals surface area contributed by atoms with Crippen LogP contribution in [0.2, 0.25) is 5.02 Å². The van der Waals surface area contributed by atoms with Gasteiger partial charge in [-0.3, -0.25) is 14.5 Å². The van der Waals surface area contributed by atoms with E-state index >= 15 is 0 Å². The molecule has 0 saturated heterocycles. The van der Waals surface area contributed by atoms with Gasteiger partial charge in [0.15, 0.2) is 5.43 Å². The number of fused-ring (bicyclic) bond motifs is 2. The van der Waals surface area contributed by atoms with E-state index in [-0.39, 0.29) is 17.1 Å². The monoisotopic (exact) mass is 543 g/mol. The first kappa shape index (κ1) is 19.5. The minimum absolute atomic E-state index is 0.0608. The number of nitrogens with zero attached hydrogens (tertiary/aromatic N) is 1. The van der Waals surface area contributed by atoms with E-state index in [1.54, 1.807) is 23.1 Å². The van der Waals surface area contributed by atoms with Gasteiger partial charge in [-0.25, -0.2) is 0 Å². The molecule has 1 aromatic heterocycles. The van der Waals surface area contributed by atoms with Gasteiger partial charge in [0.2, 0.25) is 5.76 Å². The number of anilines is 1. The highest BCUT2D eigenvalue weighted by Crippen LogP contribution is 2.41. The van der Waals surface area contributed by atoms with Crippen LogP contribution in [-0.4, -0.2) is 5.91 Å². The van der Waals surface area contributed by atoms with E-state index in [0.717, 1.165) is 14.5 Å². The van der Waals surface area contributed by atoms with E-state index in [1.807, 2.05) is 48.5 Å². The van der Waals surface area contributed by atoms with Crippen LogP contribution < -0.4 is 10.3 Å². The summed E-state index contributed by atoms with van der Waals surface area (Å²) in [4.78, 5) is 28.5. The Hall–Kier alpha value is -2.41. The van der Waals surface area contributed by atoms with Crippen molar-refractivity contribution in [3.63, 3.8) is 0 Å². The lowest BCUT2D eigenvalue weighted by atomic mass is 9.98. The molecule has 4 nitrogen and oxygen atoms in total. The molecule has 1 aliphatic heterocycles. The van der Waals surface area contributed by atoms with Gasteiger partial charge in [0.05, 0.1) is 17.0 Å². The average Bonchev–Trinajstić information content (AvgIpc) is 3.03. The molecule has 3 aromatic carbocycles. The highest BCUT2D eigenvalue weighted by molar-refractivity contribution is 9.10. The van der Waals surface area contributed by atoms with Gasteiger partial charge in [-0.2, -0.15) is 0 Å². The van der Waals surface area contributed by atoms with Crippen molar-refractivity contribution < 1.29 is 9.21 Å². The molecule has 1 aliphatic rings. The Morgan fingerprint density at radius 1 is 0.867 bits per heavy atom. The maximum atomic E-state index is 13.5. The second-order valence-corrected chi connectivity index (χ2v) is 9.19.